The van der Waals surface area contributed by atoms with E-state index >= 15 is 0 Å². The first-order chi connectivity index (χ1) is 17.8. The highest BCUT2D eigenvalue weighted by Gasteiger charge is 2.48. The van der Waals surface area contributed by atoms with Crippen LogP contribution >= 0.6 is 12.6 Å². The Morgan fingerprint density at radius 1 is 1.32 bits per heavy atom. The zero-order valence-electron chi connectivity index (χ0n) is 19.9. The second-order valence-corrected chi connectivity index (χ2v) is 9.49. The molecule has 1 aliphatic heterocycles. The number of rotatable bonds is 9. The molecule has 2 aromatic rings. The van der Waals surface area contributed by atoms with Gasteiger partial charge in [0.25, 0.3) is 6.29 Å². The number of nitrogens with zero attached hydrogens (tertiary/aromatic N) is 5. The normalized spacial score (nSPS) is 27.7. The molecule has 1 saturated carbocycles. The fraction of sp³-hybridized carbons (Fsp3) is 0.565. The second-order valence-electron chi connectivity index (χ2n) is 9.18. The highest BCUT2D eigenvalue weighted by atomic mass is 32.1. The van der Waals surface area contributed by atoms with Gasteiger partial charge in [0.2, 0.25) is 0 Å². The van der Waals surface area contributed by atoms with Crippen molar-refractivity contribution in [3.8, 4) is 6.07 Å². The van der Waals surface area contributed by atoms with Crippen molar-refractivity contribution < 1.29 is 34.8 Å². The summed E-state index contributed by atoms with van der Waals surface area (Å²) < 4.78 is 6.35. The van der Waals surface area contributed by atoms with Crippen molar-refractivity contribution in [3.63, 3.8) is 0 Å². The molecule has 37 heavy (non-hydrogen) atoms. The Hall–Kier alpha value is -2.93. The zero-order valence-corrected chi connectivity index (χ0v) is 20.8. The summed E-state index contributed by atoms with van der Waals surface area (Å²) in [6.07, 6.45) is 0.304. The summed E-state index contributed by atoms with van der Waals surface area (Å²) >= 11 is 4.46. The van der Waals surface area contributed by atoms with E-state index in [-0.39, 0.29) is 17.4 Å². The quantitative estimate of drug-likeness (QED) is 0.139. The van der Waals surface area contributed by atoms with Gasteiger partial charge in [0.1, 0.15) is 24.6 Å². The Morgan fingerprint density at radius 2 is 2.05 bits per heavy atom. The number of fused-ring (bicyclic) bond motifs is 1. The number of aliphatic hydroxyl groups excluding tert-OH is 3. The maximum Gasteiger partial charge on any atom is 0.335 e. The van der Waals surface area contributed by atoms with Gasteiger partial charge in [-0.1, -0.05) is 12.8 Å². The van der Waals surface area contributed by atoms with Crippen LogP contribution in [0.5, 0.6) is 0 Å². The van der Waals surface area contributed by atoms with Crippen LogP contribution in [0.2, 0.25) is 0 Å². The van der Waals surface area contributed by atoms with Gasteiger partial charge in [-0.3, -0.25) is 0 Å². The number of hydrogen-bond acceptors (Lipinski definition) is 12. The van der Waals surface area contributed by atoms with Gasteiger partial charge in [-0.05, 0) is 24.8 Å². The highest BCUT2D eigenvalue weighted by molar-refractivity contribution is 7.80. The van der Waals surface area contributed by atoms with Crippen molar-refractivity contribution in [1.29, 1.82) is 5.26 Å². The number of carboxylic acids is 1. The second kappa shape index (κ2) is 11.6. The first-order valence-electron chi connectivity index (χ1n) is 11.9. The van der Waals surface area contributed by atoms with Gasteiger partial charge < -0.3 is 35.0 Å². The SMILES string of the molecule is N#CCC(C1CCCC1)N(N)C=C(CS)c1ncnc2c1ccn2OC1OC(C(=O)O)C(O)C(O)C1O. The van der Waals surface area contributed by atoms with Gasteiger partial charge in [0.05, 0.1) is 24.2 Å². The number of nitriles is 1. The summed E-state index contributed by atoms with van der Waals surface area (Å²) in [4.78, 5) is 25.6. The number of hydrogen-bond donors (Lipinski definition) is 6. The van der Waals surface area contributed by atoms with Crippen molar-refractivity contribution in [2.24, 2.45) is 11.8 Å². The van der Waals surface area contributed by atoms with E-state index < -0.39 is 36.7 Å². The number of nitrogens with two attached hydrogens (primary N) is 1. The van der Waals surface area contributed by atoms with Crippen molar-refractivity contribution >= 4 is 35.2 Å². The van der Waals surface area contributed by atoms with Crippen LogP contribution in [0.15, 0.2) is 24.8 Å². The third-order valence-electron chi connectivity index (χ3n) is 6.89. The smallest absolute Gasteiger partial charge is 0.335 e. The van der Waals surface area contributed by atoms with Crippen LogP contribution in [-0.4, -0.2) is 88.6 Å². The first-order valence-corrected chi connectivity index (χ1v) is 12.5. The number of carboxylic acid groups (broad SMARTS) is 1. The minimum atomic E-state index is -1.83. The van der Waals surface area contributed by atoms with E-state index in [0.717, 1.165) is 30.4 Å². The molecule has 6 atom stereocenters. The van der Waals surface area contributed by atoms with Gasteiger partial charge in [0, 0.05) is 29.1 Å². The maximum absolute atomic E-state index is 11.4. The van der Waals surface area contributed by atoms with Gasteiger partial charge in [-0.2, -0.15) is 22.6 Å². The third-order valence-corrected chi connectivity index (χ3v) is 7.23. The molecule has 6 N–H and O–H groups in total. The molecular formula is C23H30N6O7S. The number of ether oxygens (including phenoxy) is 1. The molecule has 0 spiro atoms. The number of aromatic nitrogens is 3. The molecular weight excluding hydrogens is 504 g/mol. The molecule has 0 bridgehead atoms. The average molecular weight is 535 g/mol. The minimum absolute atomic E-state index is 0.137. The van der Waals surface area contributed by atoms with Gasteiger partial charge in [-0.15, -0.1) is 0 Å². The zero-order chi connectivity index (χ0) is 26.7. The van der Waals surface area contributed by atoms with Crippen molar-refractivity contribution in [3.05, 3.63) is 30.5 Å². The molecule has 4 rings (SSSR count). The Balaban J connectivity index is 1.61. The van der Waals surface area contributed by atoms with Crippen molar-refractivity contribution in [1.82, 2.24) is 19.7 Å². The Labute approximate surface area is 218 Å². The molecule has 2 aliphatic rings. The lowest BCUT2D eigenvalue weighted by molar-refractivity contribution is -0.292. The lowest BCUT2D eigenvalue weighted by atomic mass is 9.95. The van der Waals surface area contributed by atoms with Crippen molar-refractivity contribution in [2.45, 2.75) is 68.9 Å². The predicted molar refractivity (Wildman–Crippen MR) is 132 cm³/mol. The van der Waals surface area contributed by atoms with Crippen molar-refractivity contribution in [2.75, 3.05) is 5.75 Å². The Kier molecular flexibility index (Phi) is 8.53. The number of aliphatic hydroxyl groups is 3. The van der Waals surface area contributed by atoms with E-state index in [9.17, 15) is 30.5 Å². The molecule has 2 fully saturated rings. The largest absolute Gasteiger partial charge is 0.479 e. The number of aliphatic carboxylic acids is 1. The number of hydrazine groups is 1. The summed E-state index contributed by atoms with van der Waals surface area (Å²) in [5, 5.41) is 50.9. The summed E-state index contributed by atoms with van der Waals surface area (Å²) in [5.41, 5.74) is 1.47. The summed E-state index contributed by atoms with van der Waals surface area (Å²) in [7, 11) is 0. The number of carbonyl (C=O) groups is 1. The van der Waals surface area contributed by atoms with E-state index in [1.165, 1.54) is 12.5 Å². The Bertz CT molecular complexity index is 1180. The third kappa shape index (κ3) is 5.52. The van der Waals surface area contributed by atoms with Crippen LogP contribution in [0.1, 0.15) is 37.8 Å². The topological polar surface area (TPSA) is 200 Å². The fourth-order valence-corrected chi connectivity index (χ4v) is 5.16. The Morgan fingerprint density at radius 3 is 2.70 bits per heavy atom. The lowest BCUT2D eigenvalue weighted by Gasteiger charge is -2.38. The van der Waals surface area contributed by atoms with E-state index in [1.54, 1.807) is 17.3 Å². The lowest BCUT2D eigenvalue weighted by Crippen LogP contribution is -2.62. The van der Waals surface area contributed by atoms with Crippen LogP contribution in [0, 0.1) is 17.2 Å². The van der Waals surface area contributed by atoms with E-state index in [1.807, 2.05) is 0 Å². The molecule has 14 heteroatoms. The highest BCUT2D eigenvalue weighted by Crippen LogP contribution is 2.32. The molecule has 0 radical (unpaired) electrons. The monoisotopic (exact) mass is 534 g/mol. The van der Waals surface area contributed by atoms with E-state index in [4.69, 9.17) is 15.4 Å². The first kappa shape index (κ1) is 27.1. The van der Waals surface area contributed by atoms with Crippen LogP contribution in [0.25, 0.3) is 16.6 Å². The summed E-state index contributed by atoms with van der Waals surface area (Å²) in [6, 6.07) is 3.75. The average Bonchev–Trinajstić information content (AvgIpc) is 3.56. The molecule has 0 amide bonds. The summed E-state index contributed by atoms with van der Waals surface area (Å²) in [5.74, 6) is 5.50. The van der Waals surface area contributed by atoms with E-state index in [2.05, 4.69) is 28.7 Å². The predicted octanol–water partition coefficient (Wildman–Crippen LogP) is -0.329. The molecule has 1 aliphatic carbocycles. The molecule has 13 nitrogen and oxygen atoms in total. The standard InChI is InChI=1S/C23H30N6O7S/c24-7-5-15(12-3-1-2-4-12)28(25)9-13(10-37)16-14-6-8-29(21(14)27-11-26-16)36-23-19(32)17(30)18(31)20(35-23)22(33)34/h6,8-9,11-12,15,17-20,23,30-32,37H,1-5,10,25H2,(H,33,34). The van der Waals surface area contributed by atoms with Crippen LogP contribution in [-0.2, 0) is 9.53 Å². The molecule has 0 aromatic carbocycles. The molecule has 2 aromatic heterocycles. The van der Waals surface area contributed by atoms with Crippen LogP contribution < -0.4 is 10.7 Å². The van der Waals surface area contributed by atoms with Gasteiger partial charge in [0.15, 0.2) is 11.8 Å². The van der Waals surface area contributed by atoms with Crippen LogP contribution in [0.3, 0.4) is 0 Å². The van der Waals surface area contributed by atoms with Crippen LogP contribution in [0.4, 0.5) is 0 Å². The maximum atomic E-state index is 11.4. The summed E-state index contributed by atoms with van der Waals surface area (Å²) in [6.45, 7) is 0. The van der Waals surface area contributed by atoms with Gasteiger partial charge >= 0.3 is 5.97 Å². The molecule has 200 valence electrons. The molecule has 3 heterocycles. The van der Waals surface area contributed by atoms with E-state index in [0.29, 0.717) is 29.0 Å². The number of thiol groups is 1. The molecule has 1 saturated heterocycles. The van der Waals surface area contributed by atoms with Gasteiger partial charge in [-0.25, -0.2) is 20.6 Å². The molecule has 6 unspecified atom stereocenters. The fourth-order valence-electron chi connectivity index (χ4n) is 4.92. The minimum Gasteiger partial charge on any atom is -0.479 e.